The normalized spacial score (nSPS) is 12.2. The van der Waals surface area contributed by atoms with Crippen molar-refractivity contribution < 1.29 is 4.42 Å². The lowest BCUT2D eigenvalue weighted by Gasteiger charge is -2.13. The first-order chi connectivity index (χ1) is 29.2. The maximum absolute atomic E-state index is 6.66. The number of benzene rings is 9. The van der Waals surface area contributed by atoms with Crippen molar-refractivity contribution in [1.29, 1.82) is 0 Å². The minimum Gasteiger partial charge on any atom is -0.455 e. The molecule has 9 aromatic carbocycles. The Morgan fingerprint density at radius 2 is 0.983 bits per heavy atom. The summed E-state index contributed by atoms with van der Waals surface area (Å²) in [6, 6.07) is 68.9. The van der Waals surface area contributed by atoms with Crippen molar-refractivity contribution in [3.05, 3.63) is 194 Å². The fourth-order valence-corrected chi connectivity index (χ4v) is 10.9. The van der Waals surface area contributed by atoms with E-state index in [1.54, 1.807) is 0 Å². The maximum Gasteiger partial charge on any atom is 0.143 e. The molecule has 0 aliphatic carbocycles. The van der Waals surface area contributed by atoms with Gasteiger partial charge >= 0.3 is 0 Å². The largest absolute Gasteiger partial charge is 0.455 e. The lowest BCUT2D eigenvalue weighted by Crippen LogP contribution is -1.95. The fraction of sp³-hybridized carbons (Fsp3) is 0.0182. The third kappa shape index (κ3) is 4.75. The lowest BCUT2D eigenvalue weighted by molar-refractivity contribution is 0.670. The van der Waals surface area contributed by atoms with Crippen LogP contribution in [0.2, 0.25) is 0 Å². The summed E-state index contributed by atoms with van der Waals surface area (Å²) in [7, 11) is 0. The third-order valence-corrected chi connectivity index (χ3v) is 13.6. The van der Waals surface area contributed by atoms with Gasteiger partial charge in [0.25, 0.3) is 0 Å². The average molecular weight is 771 g/mol. The summed E-state index contributed by atoms with van der Waals surface area (Å²) in [5, 5.41) is 9.79. The molecular formula is C55H34N2OS. The minimum absolute atomic E-state index is 0.910. The van der Waals surface area contributed by atoms with Crippen molar-refractivity contribution in [2.24, 2.45) is 0 Å². The van der Waals surface area contributed by atoms with Crippen LogP contribution < -0.4 is 0 Å². The monoisotopic (exact) mass is 770 g/mol. The number of thiophene rings is 1. The highest BCUT2D eigenvalue weighted by Gasteiger charge is 2.21. The minimum atomic E-state index is 0.910. The van der Waals surface area contributed by atoms with Crippen molar-refractivity contribution in [1.82, 2.24) is 9.13 Å². The van der Waals surface area contributed by atoms with Crippen LogP contribution in [-0.2, 0) is 0 Å². The molecule has 0 aliphatic rings. The van der Waals surface area contributed by atoms with Gasteiger partial charge in [0.05, 0.1) is 22.1 Å². The number of nitrogens with zero attached hydrogens (tertiary/aromatic N) is 2. The number of hydrogen-bond donors (Lipinski definition) is 0. The van der Waals surface area contributed by atoms with Gasteiger partial charge in [0.15, 0.2) is 0 Å². The van der Waals surface area contributed by atoms with Crippen molar-refractivity contribution in [3.63, 3.8) is 0 Å². The van der Waals surface area contributed by atoms with Gasteiger partial charge in [-0.05, 0) is 96.4 Å². The van der Waals surface area contributed by atoms with Gasteiger partial charge in [0.2, 0.25) is 0 Å². The molecule has 4 heteroatoms. The quantitative estimate of drug-likeness (QED) is 0.175. The summed E-state index contributed by atoms with van der Waals surface area (Å²) in [6.45, 7) is 2.16. The Hall–Kier alpha value is -7.40. The fourth-order valence-electron chi connectivity index (χ4n) is 9.73. The molecule has 0 aliphatic heterocycles. The summed E-state index contributed by atoms with van der Waals surface area (Å²) in [6.07, 6.45) is 0. The molecule has 0 N–H and O–H groups in total. The molecular weight excluding hydrogens is 737 g/mol. The molecule has 13 rings (SSSR count). The zero-order valence-corrected chi connectivity index (χ0v) is 32.9. The van der Waals surface area contributed by atoms with Crippen molar-refractivity contribution in [2.45, 2.75) is 6.92 Å². The van der Waals surface area contributed by atoms with Crippen LogP contribution >= 0.6 is 11.3 Å². The highest BCUT2D eigenvalue weighted by Crippen LogP contribution is 2.46. The summed E-state index contributed by atoms with van der Waals surface area (Å²) in [5.74, 6) is 0. The second-order valence-electron chi connectivity index (χ2n) is 15.8. The second-order valence-corrected chi connectivity index (χ2v) is 16.8. The number of furan rings is 1. The molecule has 0 radical (unpaired) electrons. The van der Waals surface area contributed by atoms with Gasteiger partial charge in [-0.15, -0.1) is 11.3 Å². The number of aromatic nitrogens is 2. The van der Waals surface area contributed by atoms with E-state index in [2.05, 4.69) is 198 Å². The third-order valence-electron chi connectivity index (χ3n) is 12.4. The Morgan fingerprint density at radius 3 is 1.71 bits per heavy atom. The number of para-hydroxylation sites is 4. The molecule has 0 atom stereocenters. The summed E-state index contributed by atoms with van der Waals surface area (Å²) in [5.41, 5.74) is 14.9. The zero-order valence-electron chi connectivity index (χ0n) is 32.1. The van der Waals surface area contributed by atoms with E-state index in [0.717, 1.165) is 33.2 Å². The highest BCUT2D eigenvalue weighted by molar-refractivity contribution is 7.26. The van der Waals surface area contributed by atoms with Gasteiger partial charge < -0.3 is 13.6 Å². The molecule has 13 aromatic rings. The van der Waals surface area contributed by atoms with Gasteiger partial charge in [0, 0.05) is 75.0 Å². The Labute approximate surface area is 343 Å². The van der Waals surface area contributed by atoms with Crippen molar-refractivity contribution >= 4 is 97.1 Å². The highest BCUT2D eigenvalue weighted by atomic mass is 32.1. The summed E-state index contributed by atoms with van der Waals surface area (Å²) in [4.78, 5) is 0. The van der Waals surface area contributed by atoms with E-state index in [-0.39, 0.29) is 0 Å². The molecule has 4 heterocycles. The first kappa shape index (κ1) is 32.7. The van der Waals surface area contributed by atoms with Crippen LogP contribution in [0.1, 0.15) is 5.56 Å². The predicted molar refractivity (Wildman–Crippen MR) is 251 cm³/mol. The van der Waals surface area contributed by atoms with E-state index < -0.39 is 0 Å². The Kier molecular flexibility index (Phi) is 6.81. The number of aryl methyl sites for hydroxylation is 1. The van der Waals surface area contributed by atoms with Crippen LogP contribution in [0.5, 0.6) is 0 Å². The van der Waals surface area contributed by atoms with Crippen molar-refractivity contribution in [3.8, 4) is 33.6 Å². The molecule has 0 saturated carbocycles. The molecule has 4 aromatic heterocycles. The Morgan fingerprint density at radius 1 is 0.390 bits per heavy atom. The smallest absolute Gasteiger partial charge is 0.143 e. The van der Waals surface area contributed by atoms with Crippen LogP contribution in [0.4, 0.5) is 0 Å². The van der Waals surface area contributed by atoms with Gasteiger partial charge in [-0.1, -0.05) is 115 Å². The van der Waals surface area contributed by atoms with Crippen LogP contribution in [0.25, 0.3) is 119 Å². The van der Waals surface area contributed by atoms with Crippen molar-refractivity contribution in [2.75, 3.05) is 0 Å². The first-order valence-electron chi connectivity index (χ1n) is 20.2. The van der Waals surface area contributed by atoms with E-state index in [1.165, 1.54) is 91.7 Å². The molecule has 0 bridgehead atoms. The molecule has 0 fully saturated rings. The topological polar surface area (TPSA) is 23.0 Å². The average Bonchev–Trinajstić information content (AvgIpc) is 4.03. The lowest BCUT2D eigenvalue weighted by atomic mass is 9.99. The first-order valence-corrected chi connectivity index (χ1v) is 21.0. The van der Waals surface area contributed by atoms with Gasteiger partial charge in [-0.2, -0.15) is 0 Å². The van der Waals surface area contributed by atoms with E-state index >= 15 is 0 Å². The molecule has 0 saturated heterocycles. The van der Waals surface area contributed by atoms with E-state index in [1.807, 2.05) is 17.4 Å². The Balaban J connectivity index is 1.04. The molecule has 0 unspecified atom stereocenters. The van der Waals surface area contributed by atoms with Crippen LogP contribution in [-0.4, -0.2) is 9.13 Å². The number of fused-ring (bicyclic) bond motifs is 12. The Bertz CT molecular complexity index is 3870. The summed E-state index contributed by atoms with van der Waals surface area (Å²) < 4.78 is 14.1. The van der Waals surface area contributed by atoms with E-state index in [9.17, 15) is 0 Å². The number of hydrogen-bond acceptors (Lipinski definition) is 2. The van der Waals surface area contributed by atoms with E-state index in [0.29, 0.717) is 0 Å². The standard InChI is InChI=1S/C55H34N2OS/c1-33-12-10-13-36(28-33)56-48-20-6-2-14-38(48)44-29-34(24-26-50(44)56)35-25-27-51-45(30-35)39-15-3-7-21-49(39)57(51)37-31-46-41-17-5-9-23-53(41)59-55(46)47(32-37)43-19-11-18-42-40-16-4-8-22-52(40)58-54(42)43/h2-32H,1H3. The van der Waals surface area contributed by atoms with Gasteiger partial charge in [0.1, 0.15) is 11.2 Å². The van der Waals surface area contributed by atoms with Crippen LogP contribution in [0.3, 0.4) is 0 Å². The number of rotatable bonds is 4. The predicted octanol–water partition coefficient (Wildman–Crippen LogP) is 15.8. The molecule has 3 nitrogen and oxygen atoms in total. The van der Waals surface area contributed by atoms with Crippen LogP contribution in [0, 0.1) is 6.92 Å². The zero-order chi connectivity index (χ0) is 38.8. The van der Waals surface area contributed by atoms with Gasteiger partial charge in [-0.3, -0.25) is 0 Å². The van der Waals surface area contributed by atoms with Crippen LogP contribution in [0.15, 0.2) is 192 Å². The molecule has 59 heavy (non-hydrogen) atoms. The molecule has 0 amide bonds. The summed E-state index contributed by atoms with van der Waals surface area (Å²) >= 11 is 1.86. The molecule has 0 spiro atoms. The second kappa shape index (κ2) is 12.3. The molecule has 276 valence electrons. The SMILES string of the molecule is Cc1cccc(-n2c3ccccc3c3cc(-c4ccc5c(c4)c4ccccc4n5-c4cc(-c5cccc6c5oc5ccccc56)c5sc6ccccc6c5c4)ccc32)c1. The van der Waals surface area contributed by atoms with Gasteiger partial charge in [-0.25, -0.2) is 0 Å². The van der Waals surface area contributed by atoms with E-state index in [4.69, 9.17) is 4.42 Å². The maximum atomic E-state index is 6.66.